The molecule has 5 heteroatoms. The quantitative estimate of drug-likeness (QED) is 0.845. The molecule has 2 aromatic heterocycles. The number of hydrogen-bond acceptors (Lipinski definition) is 4. The normalized spacial score (nSPS) is 18.1. The molecule has 1 aliphatic heterocycles. The van der Waals surface area contributed by atoms with Crippen molar-refractivity contribution in [3.63, 3.8) is 0 Å². The number of thiophene rings is 1. The Kier molecular flexibility index (Phi) is 4.22. The van der Waals surface area contributed by atoms with Crippen molar-refractivity contribution in [2.75, 3.05) is 0 Å². The Morgan fingerprint density at radius 2 is 2.29 bits per heavy atom. The molecule has 0 unspecified atom stereocenters. The van der Waals surface area contributed by atoms with E-state index in [9.17, 15) is 4.79 Å². The van der Waals surface area contributed by atoms with E-state index >= 15 is 0 Å². The van der Waals surface area contributed by atoms with Gasteiger partial charge in [-0.3, -0.25) is 4.79 Å². The predicted molar refractivity (Wildman–Crippen MR) is 90.4 cm³/mol. The van der Waals surface area contributed by atoms with Crippen LogP contribution < -0.4 is 0 Å². The lowest BCUT2D eigenvalue weighted by Crippen LogP contribution is -2.14. The predicted octanol–water partition coefficient (Wildman–Crippen LogP) is 4.33. The fourth-order valence-electron chi connectivity index (χ4n) is 1.91. The lowest BCUT2D eigenvalue weighted by atomic mass is 10.3. The van der Waals surface area contributed by atoms with Crippen molar-refractivity contribution >= 4 is 41.2 Å². The van der Waals surface area contributed by atoms with E-state index in [-0.39, 0.29) is 5.91 Å². The summed E-state index contributed by atoms with van der Waals surface area (Å²) >= 11 is 3.23. The average molecular weight is 314 g/mol. The molecule has 2 aromatic rings. The molecular weight excluding hydrogens is 300 g/mol. The van der Waals surface area contributed by atoms with E-state index in [0.717, 1.165) is 10.6 Å². The highest BCUT2D eigenvalue weighted by Crippen LogP contribution is 2.27. The van der Waals surface area contributed by atoms with Gasteiger partial charge in [-0.25, -0.2) is 4.68 Å². The van der Waals surface area contributed by atoms with Gasteiger partial charge < -0.3 is 0 Å². The summed E-state index contributed by atoms with van der Waals surface area (Å²) in [6.45, 7) is 2.07. The van der Waals surface area contributed by atoms with Crippen LogP contribution >= 0.6 is 23.1 Å². The average Bonchev–Trinajstić information content (AvgIpc) is 3.16. The zero-order chi connectivity index (χ0) is 14.7. The van der Waals surface area contributed by atoms with Crippen molar-refractivity contribution in [2.45, 2.75) is 12.2 Å². The molecule has 21 heavy (non-hydrogen) atoms. The van der Waals surface area contributed by atoms with Crippen LogP contribution in [-0.4, -0.2) is 20.9 Å². The number of carbonyl (C=O) groups is 1. The molecular formula is C16H14N2OS2. The molecule has 1 aliphatic rings. The van der Waals surface area contributed by atoms with E-state index in [2.05, 4.69) is 18.1 Å². The van der Waals surface area contributed by atoms with Gasteiger partial charge in [0.2, 0.25) is 0 Å². The second-order valence-electron chi connectivity index (χ2n) is 4.58. The maximum absolute atomic E-state index is 12.3. The van der Waals surface area contributed by atoms with Gasteiger partial charge in [-0.05, 0) is 42.7 Å². The molecule has 0 spiro atoms. The molecule has 0 saturated heterocycles. The largest absolute Gasteiger partial charge is 0.284 e. The SMILES string of the molecule is C[C@@H]1C=CC=C(C(=O)n2ccc(/C=C/c3cccs3)n2)S1. The molecule has 3 heterocycles. The summed E-state index contributed by atoms with van der Waals surface area (Å²) in [7, 11) is 0. The fourth-order valence-corrected chi connectivity index (χ4v) is 3.45. The highest BCUT2D eigenvalue weighted by Gasteiger charge is 2.17. The van der Waals surface area contributed by atoms with E-state index in [1.165, 1.54) is 9.56 Å². The summed E-state index contributed by atoms with van der Waals surface area (Å²) in [4.78, 5) is 14.2. The van der Waals surface area contributed by atoms with Gasteiger partial charge in [-0.2, -0.15) is 5.10 Å². The smallest absolute Gasteiger partial charge is 0.266 e. The Labute approximate surface area is 131 Å². The second-order valence-corrected chi connectivity index (χ2v) is 6.98. The first-order chi connectivity index (χ1) is 10.2. The van der Waals surface area contributed by atoms with E-state index in [1.807, 2.05) is 47.9 Å². The van der Waals surface area contributed by atoms with Crippen LogP contribution in [0.3, 0.4) is 0 Å². The van der Waals surface area contributed by atoms with E-state index in [0.29, 0.717) is 5.25 Å². The van der Waals surface area contributed by atoms with Crippen molar-refractivity contribution in [1.29, 1.82) is 0 Å². The van der Waals surface area contributed by atoms with Crippen molar-refractivity contribution in [1.82, 2.24) is 9.78 Å². The lowest BCUT2D eigenvalue weighted by molar-refractivity contribution is 0.0949. The molecule has 0 aliphatic carbocycles. The molecule has 0 bridgehead atoms. The zero-order valence-corrected chi connectivity index (χ0v) is 13.1. The molecule has 0 saturated carbocycles. The number of rotatable bonds is 3. The summed E-state index contributed by atoms with van der Waals surface area (Å²) in [6, 6.07) is 5.89. The maximum Gasteiger partial charge on any atom is 0.284 e. The van der Waals surface area contributed by atoms with Gasteiger partial charge in [0, 0.05) is 16.3 Å². The van der Waals surface area contributed by atoms with Crippen molar-refractivity contribution in [3.05, 3.63) is 63.5 Å². The van der Waals surface area contributed by atoms with Gasteiger partial charge in [-0.15, -0.1) is 23.1 Å². The van der Waals surface area contributed by atoms with Gasteiger partial charge >= 0.3 is 0 Å². The highest BCUT2D eigenvalue weighted by molar-refractivity contribution is 8.04. The monoisotopic (exact) mass is 314 g/mol. The summed E-state index contributed by atoms with van der Waals surface area (Å²) in [6.07, 6.45) is 11.5. The summed E-state index contributed by atoms with van der Waals surface area (Å²) in [5.74, 6) is -0.0769. The molecule has 0 fully saturated rings. The van der Waals surface area contributed by atoms with Crippen LogP contribution in [0.25, 0.3) is 12.2 Å². The summed E-state index contributed by atoms with van der Waals surface area (Å²) < 4.78 is 1.40. The third-order valence-corrected chi connectivity index (χ3v) is 4.86. The molecule has 0 N–H and O–H groups in total. The lowest BCUT2D eigenvalue weighted by Gasteiger charge is -2.12. The van der Waals surface area contributed by atoms with E-state index in [1.54, 1.807) is 29.3 Å². The van der Waals surface area contributed by atoms with Crippen LogP contribution in [0, 0.1) is 0 Å². The maximum atomic E-state index is 12.3. The van der Waals surface area contributed by atoms with Crippen LogP contribution in [0.2, 0.25) is 0 Å². The van der Waals surface area contributed by atoms with E-state index < -0.39 is 0 Å². The molecule has 3 rings (SSSR count). The highest BCUT2D eigenvalue weighted by atomic mass is 32.2. The van der Waals surface area contributed by atoms with Crippen molar-refractivity contribution < 1.29 is 4.79 Å². The molecule has 0 radical (unpaired) electrons. The standard InChI is InChI=1S/C16H14N2OS2/c1-12-4-2-6-15(21-12)16(19)18-10-9-13(17-18)7-8-14-5-3-11-20-14/h2-12H,1H3/b8-7+/t12-/m1/s1. The first kappa shape index (κ1) is 14.1. The Morgan fingerprint density at radius 1 is 1.38 bits per heavy atom. The number of nitrogens with zero attached hydrogens (tertiary/aromatic N) is 2. The number of carbonyl (C=O) groups excluding carboxylic acids is 1. The molecule has 1 atom stereocenters. The molecule has 0 aromatic carbocycles. The molecule has 0 amide bonds. The minimum absolute atomic E-state index is 0.0769. The molecule has 3 nitrogen and oxygen atoms in total. The van der Waals surface area contributed by atoms with Crippen molar-refractivity contribution in [3.8, 4) is 0 Å². The minimum Gasteiger partial charge on any atom is -0.266 e. The van der Waals surface area contributed by atoms with Gasteiger partial charge in [0.05, 0.1) is 10.6 Å². The number of allylic oxidation sites excluding steroid dienone is 3. The topological polar surface area (TPSA) is 34.9 Å². The fraction of sp³-hybridized carbons (Fsp3) is 0.125. The van der Waals surface area contributed by atoms with Crippen LogP contribution in [0.15, 0.2) is 52.9 Å². The Bertz CT molecular complexity index is 723. The first-order valence-corrected chi connectivity index (χ1v) is 8.35. The Balaban J connectivity index is 1.74. The van der Waals surface area contributed by atoms with E-state index in [4.69, 9.17) is 0 Å². The van der Waals surface area contributed by atoms with Crippen LogP contribution in [0.4, 0.5) is 0 Å². The van der Waals surface area contributed by atoms with Crippen molar-refractivity contribution in [2.24, 2.45) is 0 Å². The number of hydrogen-bond donors (Lipinski definition) is 0. The first-order valence-electron chi connectivity index (χ1n) is 6.59. The Morgan fingerprint density at radius 3 is 3.05 bits per heavy atom. The summed E-state index contributed by atoms with van der Waals surface area (Å²) in [5.41, 5.74) is 0.779. The third-order valence-electron chi connectivity index (χ3n) is 2.93. The Hall–Kier alpha value is -1.85. The van der Waals surface area contributed by atoms with Gasteiger partial charge in [-0.1, -0.05) is 18.2 Å². The van der Waals surface area contributed by atoms with Crippen LogP contribution in [0.1, 0.15) is 22.3 Å². The minimum atomic E-state index is -0.0769. The van der Waals surface area contributed by atoms with Crippen LogP contribution in [-0.2, 0) is 0 Å². The number of aromatic nitrogens is 2. The molecule has 106 valence electrons. The number of thioether (sulfide) groups is 1. The third kappa shape index (κ3) is 3.43. The zero-order valence-electron chi connectivity index (χ0n) is 11.5. The van der Waals surface area contributed by atoms with Gasteiger partial charge in [0.1, 0.15) is 0 Å². The van der Waals surface area contributed by atoms with Crippen LogP contribution in [0.5, 0.6) is 0 Å². The summed E-state index contributed by atoms with van der Waals surface area (Å²) in [5, 5.41) is 6.67. The van der Waals surface area contributed by atoms with Gasteiger partial charge in [0.15, 0.2) is 0 Å². The van der Waals surface area contributed by atoms with Gasteiger partial charge in [0.25, 0.3) is 5.91 Å². The second kappa shape index (κ2) is 6.28.